The molecule has 1 atom stereocenters. The molecule has 0 bridgehead atoms. The molecule has 0 amide bonds. The van der Waals surface area contributed by atoms with Gasteiger partial charge in [-0.1, -0.05) is 33.6 Å². The van der Waals surface area contributed by atoms with E-state index >= 15 is 0 Å². The highest BCUT2D eigenvalue weighted by molar-refractivity contribution is 9.10. The highest BCUT2D eigenvalue weighted by Gasteiger charge is 2.10. The van der Waals surface area contributed by atoms with Gasteiger partial charge < -0.3 is 9.84 Å². The van der Waals surface area contributed by atoms with Crippen molar-refractivity contribution < 1.29 is 9.84 Å². The Morgan fingerprint density at radius 2 is 2.20 bits per heavy atom. The second kappa shape index (κ2) is 6.26. The molecule has 1 aromatic carbocycles. The minimum Gasteiger partial charge on any atom is -0.388 e. The summed E-state index contributed by atoms with van der Waals surface area (Å²) in [7, 11) is 1.68. The first kappa shape index (κ1) is 12.7. The third-order valence-electron chi connectivity index (χ3n) is 2.34. The molecule has 3 heteroatoms. The summed E-state index contributed by atoms with van der Waals surface area (Å²) in [5.74, 6) is 0. The molecule has 0 radical (unpaired) electrons. The Kier molecular flexibility index (Phi) is 5.29. The van der Waals surface area contributed by atoms with Crippen molar-refractivity contribution in [1.29, 1.82) is 0 Å². The number of halogens is 1. The van der Waals surface area contributed by atoms with Crippen LogP contribution in [0.1, 0.15) is 30.1 Å². The molecule has 0 saturated carbocycles. The fraction of sp³-hybridized carbons (Fsp3) is 0.500. The Hall–Kier alpha value is -0.380. The second-order valence-corrected chi connectivity index (χ2v) is 4.53. The van der Waals surface area contributed by atoms with Gasteiger partial charge >= 0.3 is 0 Å². The maximum Gasteiger partial charge on any atom is 0.0801 e. The van der Waals surface area contributed by atoms with E-state index in [1.807, 2.05) is 25.1 Å². The summed E-state index contributed by atoms with van der Waals surface area (Å²) in [4.78, 5) is 0. The van der Waals surface area contributed by atoms with Crippen molar-refractivity contribution in [3.8, 4) is 0 Å². The van der Waals surface area contributed by atoms with Gasteiger partial charge in [-0.05, 0) is 31.4 Å². The van der Waals surface area contributed by atoms with Crippen molar-refractivity contribution >= 4 is 15.9 Å². The third-order valence-corrected chi connectivity index (χ3v) is 3.06. The van der Waals surface area contributed by atoms with E-state index in [9.17, 15) is 5.11 Å². The van der Waals surface area contributed by atoms with Gasteiger partial charge in [-0.3, -0.25) is 0 Å². The van der Waals surface area contributed by atoms with Crippen molar-refractivity contribution in [1.82, 2.24) is 0 Å². The van der Waals surface area contributed by atoms with Gasteiger partial charge in [-0.15, -0.1) is 0 Å². The minimum atomic E-state index is -0.408. The van der Waals surface area contributed by atoms with E-state index in [0.717, 1.165) is 22.9 Å². The molecule has 84 valence electrons. The lowest BCUT2D eigenvalue weighted by atomic mass is 10.0. The standard InChI is InChI=1S/C12H17BrO2/c1-9-5-6-11(13)10(8-9)12(14)4-3-7-15-2/h5-6,8,12,14H,3-4,7H2,1-2H3. The molecule has 2 nitrogen and oxygen atoms in total. The monoisotopic (exact) mass is 272 g/mol. The first-order valence-corrected chi connectivity index (χ1v) is 5.87. The second-order valence-electron chi connectivity index (χ2n) is 3.68. The molecule has 1 aromatic rings. The maximum absolute atomic E-state index is 9.97. The summed E-state index contributed by atoms with van der Waals surface area (Å²) in [5, 5.41) is 9.97. The minimum absolute atomic E-state index is 0.408. The summed E-state index contributed by atoms with van der Waals surface area (Å²) in [6.45, 7) is 2.72. The van der Waals surface area contributed by atoms with Crippen LogP contribution in [0, 0.1) is 6.92 Å². The average Bonchev–Trinajstić information content (AvgIpc) is 2.22. The molecule has 0 fully saturated rings. The van der Waals surface area contributed by atoms with Gasteiger partial charge in [0.2, 0.25) is 0 Å². The van der Waals surface area contributed by atoms with Crippen molar-refractivity contribution in [3.63, 3.8) is 0 Å². The van der Waals surface area contributed by atoms with Crippen LogP contribution in [0.4, 0.5) is 0 Å². The first-order chi connectivity index (χ1) is 7.15. The average molecular weight is 273 g/mol. The molecule has 0 heterocycles. The molecule has 0 aliphatic carbocycles. The van der Waals surface area contributed by atoms with E-state index in [4.69, 9.17) is 4.74 Å². The predicted octanol–water partition coefficient (Wildman–Crippen LogP) is 3.22. The van der Waals surface area contributed by atoms with Crippen LogP contribution in [0.5, 0.6) is 0 Å². The van der Waals surface area contributed by atoms with E-state index < -0.39 is 6.10 Å². The molecule has 1 rings (SSSR count). The zero-order valence-electron chi connectivity index (χ0n) is 9.16. The molecule has 0 aromatic heterocycles. The number of hydrogen-bond donors (Lipinski definition) is 1. The molecular formula is C12H17BrO2. The summed E-state index contributed by atoms with van der Waals surface area (Å²) < 4.78 is 5.93. The van der Waals surface area contributed by atoms with Gasteiger partial charge in [-0.25, -0.2) is 0 Å². The van der Waals surface area contributed by atoms with Crippen molar-refractivity contribution in [2.45, 2.75) is 25.9 Å². The zero-order valence-corrected chi connectivity index (χ0v) is 10.8. The van der Waals surface area contributed by atoms with Gasteiger partial charge in [0.25, 0.3) is 0 Å². The van der Waals surface area contributed by atoms with Crippen LogP contribution < -0.4 is 0 Å². The van der Waals surface area contributed by atoms with Gasteiger partial charge in [0, 0.05) is 18.2 Å². The molecular weight excluding hydrogens is 256 g/mol. The highest BCUT2D eigenvalue weighted by Crippen LogP contribution is 2.27. The predicted molar refractivity (Wildman–Crippen MR) is 64.9 cm³/mol. The Bertz CT molecular complexity index is 312. The lowest BCUT2D eigenvalue weighted by molar-refractivity contribution is 0.135. The Morgan fingerprint density at radius 3 is 2.87 bits per heavy atom. The highest BCUT2D eigenvalue weighted by atomic mass is 79.9. The van der Waals surface area contributed by atoms with Crippen LogP contribution in [0.2, 0.25) is 0 Å². The van der Waals surface area contributed by atoms with Gasteiger partial charge in [-0.2, -0.15) is 0 Å². The normalized spacial score (nSPS) is 12.8. The SMILES string of the molecule is COCCCC(O)c1cc(C)ccc1Br. The quantitative estimate of drug-likeness (QED) is 0.835. The zero-order chi connectivity index (χ0) is 11.3. The van der Waals surface area contributed by atoms with Gasteiger partial charge in [0.15, 0.2) is 0 Å². The van der Waals surface area contributed by atoms with Crippen molar-refractivity contribution in [2.24, 2.45) is 0 Å². The Morgan fingerprint density at radius 1 is 1.47 bits per heavy atom. The van der Waals surface area contributed by atoms with E-state index in [2.05, 4.69) is 15.9 Å². The fourth-order valence-electron chi connectivity index (χ4n) is 1.50. The van der Waals surface area contributed by atoms with Gasteiger partial charge in [0.1, 0.15) is 0 Å². The van der Waals surface area contributed by atoms with Crippen LogP contribution in [-0.2, 0) is 4.74 Å². The number of aryl methyl sites for hydroxylation is 1. The number of methoxy groups -OCH3 is 1. The molecule has 1 N–H and O–H groups in total. The summed E-state index contributed by atoms with van der Waals surface area (Å²) in [6.07, 6.45) is 1.20. The van der Waals surface area contributed by atoms with E-state index in [-0.39, 0.29) is 0 Å². The van der Waals surface area contributed by atoms with Crippen LogP contribution in [-0.4, -0.2) is 18.8 Å². The van der Waals surface area contributed by atoms with Crippen LogP contribution in [0.15, 0.2) is 22.7 Å². The molecule has 0 spiro atoms. The largest absolute Gasteiger partial charge is 0.388 e. The van der Waals surface area contributed by atoms with E-state index in [1.165, 1.54) is 5.56 Å². The fourth-order valence-corrected chi connectivity index (χ4v) is 2.01. The lowest BCUT2D eigenvalue weighted by Gasteiger charge is -2.13. The van der Waals surface area contributed by atoms with E-state index in [1.54, 1.807) is 7.11 Å². The molecule has 0 aliphatic rings. The molecule has 0 aliphatic heterocycles. The maximum atomic E-state index is 9.97. The lowest BCUT2D eigenvalue weighted by Crippen LogP contribution is -2.01. The number of ether oxygens (including phenoxy) is 1. The first-order valence-electron chi connectivity index (χ1n) is 5.08. The Labute approximate surface area is 99.4 Å². The number of hydrogen-bond acceptors (Lipinski definition) is 2. The summed E-state index contributed by atoms with van der Waals surface area (Å²) >= 11 is 3.45. The number of rotatable bonds is 5. The number of aliphatic hydroxyl groups excluding tert-OH is 1. The molecule has 1 unspecified atom stereocenters. The van der Waals surface area contributed by atoms with Crippen molar-refractivity contribution in [2.75, 3.05) is 13.7 Å². The van der Waals surface area contributed by atoms with E-state index in [0.29, 0.717) is 6.61 Å². The summed E-state index contributed by atoms with van der Waals surface area (Å²) in [6, 6.07) is 6.02. The summed E-state index contributed by atoms with van der Waals surface area (Å²) in [5.41, 5.74) is 2.13. The molecule has 0 saturated heterocycles. The number of benzene rings is 1. The van der Waals surface area contributed by atoms with Crippen LogP contribution in [0.25, 0.3) is 0 Å². The smallest absolute Gasteiger partial charge is 0.0801 e. The Balaban J connectivity index is 2.64. The molecule has 15 heavy (non-hydrogen) atoms. The third kappa shape index (κ3) is 3.93. The van der Waals surface area contributed by atoms with Crippen molar-refractivity contribution in [3.05, 3.63) is 33.8 Å². The number of aliphatic hydroxyl groups is 1. The van der Waals surface area contributed by atoms with Gasteiger partial charge in [0.05, 0.1) is 6.10 Å². The topological polar surface area (TPSA) is 29.5 Å². The van der Waals surface area contributed by atoms with Crippen LogP contribution >= 0.6 is 15.9 Å². The van der Waals surface area contributed by atoms with Crippen LogP contribution in [0.3, 0.4) is 0 Å².